The summed E-state index contributed by atoms with van der Waals surface area (Å²) in [6, 6.07) is 12.4. The van der Waals surface area contributed by atoms with E-state index in [2.05, 4.69) is 40.5 Å². The summed E-state index contributed by atoms with van der Waals surface area (Å²) < 4.78 is 10.4. The first kappa shape index (κ1) is 24.2. The van der Waals surface area contributed by atoms with Crippen LogP contribution in [-0.2, 0) is 20.7 Å². The number of alkyl carbamates (subject to hydrolysis) is 1. The zero-order valence-corrected chi connectivity index (χ0v) is 20.0. The molecule has 1 saturated carbocycles. The number of rotatable bonds is 9. The molecule has 0 spiro atoms. The summed E-state index contributed by atoms with van der Waals surface area (Å²) in [4.78, 5) is 31.6. The summed E-state index contributed by atoms with van der Waals surface area (Å²) in [5, 5.41) is 6.00. The van der Waals surface area contributed by atoms with Crippen molar-refractivity contribution in [2.24, 2.45) is 0 Å². The van der Waals surface area contributed by atoms with Gasteiger partial charge in [-0.15, -0.1) is 0 Å². The van der Waals surface area contributed by atoms with Crippen LogP contribution >= 0.6 is 0 Å². The highest BCUT2D eigenvalue weighted by molar-refractivity contribution is 5.82. The second-order valence-corrected chi connectivity index (χ2v) is 8.88. The number of benzene rings is 1. The Morgan fingerprint density at radius 2 is 2.09 bits per heavy atom. The van der Waals surface area contributed by atoms with Crippen LogP contribution in [0.1, 0.15) is 43.4 Å². The number of pyridine rings is 1. The Morgan fingerprint density at radius 3 is 2.76 bits per heavy atom. The molecule has 0 unspecified atom stereocenters. The van der Waals surface area contributed by atoms with Crippen molar-refractivity contribution in [3.63, 3.8) is 0 Å². The summed E-state index contributed by atoms with van der Waals surface area (Å²) in [6.07, 6.45) is 4.58. The van der Waals surface area contributed by atoms with Gasteiger partial charge in [0, 0.05) is 37.4 Å². The monoisotopic (exact) mass is 466 g/mol. The number of amides is 2. The molecule has 2 amide bonds. The SMILES string of the molecule is COC(=O)NCCCc1cc([C@@H](C)N(C(=O)[C@H]2CNCCO2)C2CC2)cnc1-c1ccccc1. The molecule has 34 heavy (non-hydrogen) atoms. The van der Waals surface area contributed by atoms with Gasteiger partial charge in [-0.05, 0) is 43.7 Å². The lowest BCUT2D eigenvalue weighted by Crippen LogP contribution is -2.50. The fourth-order valence-electron chi connectivity index (χ4n) is 4.44. The molecule has 2 aromatic rings. The topological polar surface area (TPSA) is 92.8 Å². The van der Waals surface area contributed by atoms with Gasteiger partial charge in [0.05, 0.1) is 25.5 Å². The fraction of sp³-hybridized carbons (Fsp3) is 0.500. The van der Waals surface area contributed by atoms with Gasteiger partial charge in [-0.25, -0.2) is 4.79 Å². The van der Waals surface area contributed by atoms with Crippen LogP contribution in [0.3, 0.4) is 0 Å². The van der Waals surface area contributed by atoms with E-state index in [-0.39, 0.29) is 18.0 Å². The van der Waals surface area contributed by atoms with Gasteiger partial charge in [0.15, 0.2) is 0 Å². The summed E-state index contributed by atoms with van der Waals surface area (Å²) >= 11 is 0. The number of aromatic nitrogens is 1. The molecule has 1 aromatic heterocycles. The summed E-state index contributed by atoms with van der Waals surface area (Å²) in [7, 11) is 1.36. The van der Waals surface area contributed by atoms with Gasteiger partial charge < -0.3 is 25.0 Å². The number of methoxy groups -OCH3 is 1. The fourth-order valence-corrected chi connectivity index (χ4v) is 4.44. The van der Waals surface area contributed by atoms with Crippen LogP contribution in [0.5, 0.6) is 0 Å². The van der Waals surface area contributed by atoms with Crippen molar-refractivity contribution >= 4 is 12.0 Å². The molecule has 8 heteroatoms. The Kier molecular flexibility index (Phi) is 8.13. The van der Waals surface area contributed by atoms with E-state index in [4.69, 9.17) is 9.72 Å². The van der Waals surface area contributed by atoms with Crippen LogP contribution in [0.2, 0.25) is 0 Å². The van der Waals surface area contributed by atoms with Crippen LogP contribution in [0.15, 0.2) is 42.6 Å². The lowest BCUT2D eigenvalue weighted by molar-refractivity contribution is -0.148. The first-order chi connectivity index (χ1) is 16.6. The number of nitrogens with zero attached hydrogens (tertiary/aromatic N) is 2. The standard InChI is InChI=1S/C26H34N4O4/c1-18(30(22-10-11-22)25(31)23-17-27-13-14-34-23)21-15-20(9-6-12-28-26(32)33-2)24(29-16-21)19-7-4-3-5-8-19/h3-5,7-8,15-16,18,22-23,27H,6,9-14,17H2,1-2H3,(H,28,32)/t18-,23-/m1/s1. The van der Waals surface area contributed by atoms with Crippen LogP contribution in [-0.4, -0.2) is 67.4 Å². The van der Waals surface area contributed by atoms with Gasteiger partial charge in [0.2, 0.25) is 0 Å². The molecule has 182 valence electrons. The van der Waals surface area contributed by atoms with E-state index in [0.29, 0.717) is 19.7 Å². The first-order valence-electron chi connectivity index (χ1n) is 12.1. The minimum absolute atomic E-state index is 0.0539. The molecular formula is C26H34N4O4. The molecule has 0 radical (unpaired) electrons. The van der Waals surface area contributed by atoms with Crippen molar-refractivity contribution < 1.29 is 19.1 Å². The van der Waals surface area contributed by atoms with E-state index in [0.717, 1.165) is 54.6 Å². The Hall–Kier alpha value is -2.97. The number of ether oxygens (including phenoxy) is 2. The van der Waals surface area contributed by atoms with Gasteiger partial charge in [0.25, 0.3) is 5.91 Å². The molecule has 4 rings (SSSR count). The predicted molar refractivity (Wildman–Crippen MR) is 129 cm³/mol. The molecule has 2 aliphatic rings. The predicted octanol–water partition coefficient (Wildman–Crippen LogP) is 3.08. The number of nitrogens with one attached hydrogen (secondary N) is 2. The van der Waals surface area contributed by atoms with E-state index < -0.39 is 12.2 Å². The number of carbonyl (C=O) groups excluding carboxylic acids is 2. The van der Waals surface area contributed by atoms with E-state index in [1.54, 1.807) is 0 Å². The van der Waals surface area contributed by atoms with Gasteiger partial charge in [-0.1, -0.05) is 36.4 Å². The highest BCUT2D eigenvalue weighted by Gasteiger charge is 2.40. The molecule has 2 N–H and O–H groups in total. The second kappa shape index (κ2) is 11.4. The normalized spacial score (nSPS) is 18.7. The molecule has 8 nitrogen and oxygen atoms in total. The number of hydrogen-bond donors (Lipinski definition) is 2. The maximum Gasteiger partial charge on any atom is 0.406 e. The van der Waals surface area contributed by atoms with Crippen LogP contribution < -0.4 is 10.6 Å². The van der Waals surface area contributed by atoms with Crippen LogP contribution in [0.25, 0.3) is 11.3 Å². The van der Waals surface area contributed by atoms with Crippen molar-refractivity contribution in [3.8, 4) is 11.3 Å². The molecule has 2 atom stereocenters. The Balaban J connectivity index is 1.56. The Labute approximate surface area is 201 Å². The first-order valence-corrected chi connectivity index (χ1v) is 12.1. The van der Waals surface area contributed by atoms with Crippen molar-refractivity contribution in [2.45, 2.75) is 50.8 Å². The maximum absolute atomic E-state index is 13.4. The van der Waals surface area contributed by atoms with E-state index in [1.807, 2.05) is 29.3 Å². The van der Waals surface area contributed by atoms with Gasteiger partial charge in [0.1, 0.15) is 6.10 Å². The second-order valence-electron chi connectivity index (χ2n) is 8.88. The van der Waals surface area contributed by atoms with E-state index >= 15 is 0 Å². The maximum atomic E-state index is 13.4. The van der Waals surface area contributed by atoms with Crippen molar-refractivity contribution in [2.75, 3.05) is 33.4 Å². The Morgan fingerprint density at radius 1 is 1.29 bits per heavy atom. The molecule has 1 aromatic carbocycles. The van der Waals surface area contributed by atoms with Crippen molar-refractivity contribution in [3.05, 3.63) is 53.7 Å². The number of hydrogen-bond acceptors (Lipinski definition) is 6. The quantitative estimate of drug-likeness (QED) is 0.552. The Bertz CT molecular complexity index is 974. The van der Waals surface area contributed by atoms with Crippen molar-refractivity contribution in [1.82, 2.24) is 20.5 Å². The lowest BCUT2D eigenvalue weighted by Gasteiger charge is -2.34. The van der Waals surface area contributed by atoms with Gasteiger partial charge in [-0.3, -0.25) is 9.78 Å². The zero-order valence-electron chi connectivity index (χ0n) is 20.0. The largest absolute Gasteiger partial charge is 0.453 e. The van der Waals surface area contributed by atoms with Crippen molar-refractivity contribution in [1.29, 1.82) is 0 Å². The highest BCUT2D eigenvalue weighted by atomic mass is 16.5. The number of morpholine rings is 1. The van der Waals surface area contributed by atoms with Crippen LogP contribution in [0.4, 0.5) is 4.79 Å². The summed E-state index contributed by atoms with van der Waals surface area (Å²) in [5.41, 5.74) is 4.09. The smallest absolute Gasteiger partial charge is 0.406 e. The third-order valence-corrected chi connectivity index (χ3v) is 6.41. The van der Waals surface area contributed by atoms with E-state index in [9.17, 15) is 9.59 Å². The zero-order chi connectivity index (χ0) is 23.9. The molecule has 1 saturated heterocycles. The number of aryl methyl sites for hydroxylation is 1. The molecule has 1 aliphatic carbocycles. The van der Waals surface area contributed by atoms with Crippen LogP contribution in [0, 0.1) is 0 Å². The van der Waals surface area contributed by atoms with E-state index in [1.165, 1.54) is 7.11 Å². The summed E-state index contributed by atoms with van der Waals surface area (Å²) in [6.45, 7) is 4.48. The number of carbonyl (C=O) groups is 2. The van der Waals surface area contributed by atoms with Gasteiger partial charge >= 0.3 is 6.09 Å². The van der Waals surface area contributed by atoms with Gasteiger partial charge in [-0.2, -0.15) is 0 Å². The molecule has 2 heterocycles. The third kappa shape index (κ3) is 5.93. The molecule has 2 fully saturated rings. The lowest BCUT2D eigenvalue weighted by atomic mass is 9.97. The third-order valence-electron chi connectivity index (χ3n) is 6.41. The summed E-state index contributed by atoms with van der Waals surface area (Å²) in [5.74, 6) is 0.0539. The molecular weight excluding hydrogens is 432 g/mol. The molecule has 1 aliphatic heterocycles. The minimum Gasteiger partial charge on any atom is -0.453 e. The molecule has 0 bridgehead atoms. The highest BCUT2D eigenvalue weighted by Crippen LogP contribution is 2.36. The average Bonchev–Trinajstić information content (AvgIpc) is 3.72. The average molecular weight is 467 g/mol. The minimum atomic E-state index is -0.433.